The molecule has 2 aromatic rings. The highest BCUT2D eigenvalue weighted by Crippen LogP contribution is 2.34. The minimum absolute atomic E-state index is 0.000542. The number of nitrogens with two attached hydrogens (primary N) is 1. The molecule has 0 unspecified atom stereocenters. The molecule has 3 rings (SSSR count). The highest BCUT2D eigenvalue weighted by molar-refractivity contribution is 7.89. The Bertz CT molecular complexity index is 800. The Hall–Kier alpha value is -1.78. The average Bonchev–Trinajstić information content (AvgIpc) is 3.22. The summed E-state index contributed by atoms with van der Waals surface area (Å²) in [5.74, 6) is 1.52. The average molecular weight is 354 g/mol. The zero-order valence-corrected chi connectivity index (χ0v) is 14.6. The van der Waals surface area contributed by atoms with Crippen LogP contribution in [-0.2, 0) is 29.0 Å². The Labute approximate surface area is 140 Å². The maximum absolute atomic E-state index is 12.2. The van der Waals surface area contributed by atoms with Crippen LogP contribution in [0.3, 0.4) is 0 Å². The first-order valence-corrected chi connectivity index (χ1v) is 9.40. The van der Waals surface area contributed by atoms with Crippen LogP contribution in [0.25, 0.3) is 0 Å². The van der Waals surface area contributed by atoms with Crippen molar-refractivity contribution in [2.24, 2.45) is 12.8 Å². The number of nitrogens with one attached hydrogen (secondary N) is 1. The lowest BCUT2D eigenvalue weighted by Gasteiger charge is -2.17. The largest absolute Gasteiger partial charge is 0.339 e. The number of nitrogens with zero attached hydrogens (tertiary/aromatic N) is 4. The Balaban J connectivity index is 1.59. The maximum Gasteiger partial charge on any atom is 0.259 e. The van der Waals surface area contributed by atoms with Gasteiger partial charge < -0.3 is 14.8 Å². The van der Waals surface area contributed by atoms with Gasteiger partial charge in [-0.2, -0.15) is 4.98 Å². The van der Waals surface area contributed by atoms with E-state index in [-0.39, 0.29) is 11.6 Å². The van der Waals surface area contributed by atoms with Gasteiger partial charge in [-0.25, -0.2) is 18.1 Å². The second-order valence-corrected chi connectivity index (χ2v) is 7.97. The summed E-state index contributed by atoms with van der Waals surface area (Å²) >= 11 is 0. The number of aromatic nitrogens is 4. The zero-order valence-electron chi connectivity index (χ0n) is 13.8. The molecule has 0 atom stereocenters. The summed E-state index contributed by atoms with van der Waals surface area (Å²) in [7, 11) is -1.91. The van der Waals surface area contributed by atoms with E-state index >= 15 is 0 Å². The second-order valence-electron chi connectivity index (χ2n) is 6.26. The Morgan fingerprint density at radius 2 is 2.08 bits per heavy atom. The van der Waals surface area contributed by atoms with E-state index in [9.17, 15) is 8.42 Å². The molecule has 1 fully saturated rings. The van der Waals surface area contributed by atoms with Crippen molar-refractivity contribution in [3.05, 3.63) is 23.7 Å². The van der Waals surface area contributed by atoms with Gasteiger partial charge in [0.2, 0.25) is 5.89 Å². The van der Waals surface area contributed by atoms with Crippen LogP contribution in [-0.4, -0.2) is 34.7 Å². The van der Waals surface area contributed by atoms with Crippen molar-refractivity contribution in [3.63, 3.8) is 0 Å². The molecule has 0 aliphatic heterocycles. The van der Waals surface area contributed by atoms with Crippen molar-refractivity contribution >= 4 is 10.0 Å². The number of sulfonamides is 1. The molecular formula is C14H22N6O3S. The van der Waals surface area contributed by atoms with Crippen LogP contribution in [0, 0.1) is 6.92 Å². The fraction of sp³-hybridized carbons (Fsp3) is 0.643. The van der Waals surface area contributed by atoms with Crippen LogP contribution < -0.4 is 10.5 Å². The minimum Gasteiger partial charge on any atom is -0.339 e. The van der Waals surface area contributed by atoms with Gasteiger partial charge in [-0.3, -0.25) is 0 Å². The van der Waals surface area contributed by atoms with E-state index in [1.54, 1.807) is 18.5 Å². The summed E-state index contributed by atoms with van der Waals surface area (Å²) in [5, 5.41) is 3.95. The van der Waals surface area contributed by atoms with Crippen molar-refractivity contribution in [2.75, 3.05) is 6.54 Å². The van der Waals surface area contributed by atoms with E-state index < -0.39 is 15.6 Å². The molecule has 0 spiro atoms. The molecule has 0 radical (unpaired) electrons. The first kappa shape index (κ1) is 17.1. The van der Waals surface area contributed by atoms with E-state index in [0.717, 1.165) is 25.7 Å². The van der Waals surface area contributed by atoms with Crippen molar-refractivity contribution in [1.29, 1.82) is 0 Å². The summed E-state index contributed by atoms with van der Waals surface area (Å²) < 4.78 is 33.7. The van der Waals surface area contributed by atoms with Gasteiger partial charge in [0.1, 0.15) is 5.82 Å². The monoisotopic (exact) mass is 354 g/mol. The molecule has 2 heterocycles. The van der Waals surface area contributed by atoms with Crippen LogP contribution >= 0.6 is 0 Å². The number of aryl methyl sites for hydroxylation is 2. The summed E-state index contributed by atoms with van der Waals surface area (Å²) in [6, 6.07) is 0. The van der Waals surface area contributed by atoms with E-state index in [2.05, 4.69) is 19.8 Å². The fourth-order valence-electron chi connectivity index (χ4n) is 2.81. The third-order valence-corrected chi connectivity index (χ3v) is 5.73. The second kappa shape index (κ2) is 6.26. The van der Waals surface area contributed by atoms with E-state index in [4.69, 9.17) is 10.3 Å². The summed E-state index contributed by atoms with van der Waals surface area (Å²) in [6.07, 6.45) is 5.58. The van der Waals surface area contributed by atoms with Crippen molar-refractivity contribution in [2.45, 2.75) is 49.6 Å². The van der Waals surface area contributed by atoms with Gasteiger partial charge in [0, 0.05) is 26.2 Å². The molecule has 132 valence electrons. The summed E-state index contributed by atoms with van der Waals surface area (Å²) in [6.45, 7) is 1.89. The number of rotatable bonds is 6. The van der Waals surface area contributed by atoms with Crippen molar-refractivity contribution < 1.29 is 12.9 Å². The lowest BCUT2D eigenvalue weighted by molar-refractivity contribution is 0.348. The smallest absolute Gasteiger partial charge is 0.259 e. The van der Waals surface area contributed by atoms with Gasteiger partial charge in [0.15, 0.2) is 10.9 Å². The van der Waals surface area contributed by atoms with E-state index in [1.807, 2.05) is 0 Å². The molecule has 1 aliphatic rings. The predicted molar refractivity (Wildman–Crippen MR) is 85.5 cm³/mol. The third-order valence-electron chi connectivity index (χ3n) is 4.40. The molecule has 9 nitrogen and oxygen atoms in total. The lowest BCUT2D eigenvalue weighted by atomic mass is 9.99. The fourth-order valence-corrected chi connectivity index (χ4v) is 3.88. The van der Waals surface area contributed by atoms with Crippen LogP contribution in [0.4, 0.5) is 0 Å². The molecule has 3 N–H and O–H groups in total. The van der Waals surface area contributed by atoms with Crippen LogP contribution in [0.1, 0.15) is 43.2 Å². The van der Waals surface area contributed by atoms with Crippen LogP contribution in [0.15, 0.2) is 15.7 Å². The van der Waals surface area contributed by atoms with Crippen LogP contribution in [0.5, 0.6) is 0 Å². The van der Waals surface area contributed by atoms with Crippen molar-refractivity contribution in [1.82, 2.24) is 24.4 Å². The minimum atomic E-state index is -3.65. The Morgan fingerprint density at radius 1 is 1.38 bits per heavy atom. The highest BCUT2D eigenvalue weighted by Gasteiger charge is 2.35. The Kier molecular flexibility index (Phi) is 4.45. The van der Waals surface area contributed by atoms with Gasteiger partial charge in [-0.15, -0.1) is 0 Å². The zero-order chi connectivity index (χ0) is 17.4. The summed E-state index contributed by atoms with van der Waals surface area (Å²) in [4.78, 5) is 8.33. The third kappa shape index (κ3) is 3.35. The number of imidazole rings is 1. The molecule has 24 heavy (non-hydrogen) atoms. The molecule has 0 bridgehead atoms. The van der Waals surface area contributed by atoms with Crippen LogP contribution in [0.2, 0.25) is 0 Å². The summed E-state index contributed by atoms with van der Waals surface area (Å²) in [5.41, 5.74) is 5.77. The van der Waals surface area contributed by atoms with E-state index in [1.165, 1.54) is 6.20 Å². The number of hydrogen-bond donors (Lipinski definition) is 2. The molecule has 2 aromatic heterocycles. The van der Waals surface area contributed by atoms with Gasteiger partial charge in [0.05, 0.1) is 5.54 Å². The standard InChI is InChI=1S/C14H22N6O3S/c1-10-17-12(9-20(10)2)24(21,22)16-8-5-11-18-13(19-23-11)14(15)6-3-4-7-14/h9,16H,3-8,15H2,1-2H3. The molecule has 0 aromatic carbocycles. The SMILES string of the molecule is Cc1nc(S(=O)(=O)NCCc2nc(C3(N)CCCC3)no2)cn1C. The first-order valence-electron chi connectivity index (χ1n) is 7.92. The van der Waals surface area contributed by atoms with Gasteiger partial charge in [-0.1, -0.05) is 18.0 Å². The van der Waals surface area contributed by atoms with Gasteiger partial charge in [0.25, 0.3) is 10.0 Å². The molecule has 1 saturated carbocycles. The lowest BCUT2D eigenvalue weighted by Crippen LogP contribution is -2.34. The van der Waals surface area contributed by atoms with Gasteiger partial charge >= 0.3 is 0 Å². The molecule has 0 saturated heterocycles. The highest BCUT2D eigenvalue weighted by atomic mass is 32.2. The molecule has 1 aliphatic carbocycles. The van der Waals surface area contributed by atoms with Gasteiger partial charge in [-0.05, 0) is 19.8 Å². The maximum atomic E-state index is 12.2. The first-order chi connectivity index (χ1) is 11.3. The quantitative estimate of drug-likeness (QED) is 0.766. The number of hydrogen-bond acceptors (Lipinski definition) is 7. The Morgan fingerprint density at radius 3 is 2.71 bits per heavy atom. The van der Waals surface area contributed by atoms with E-state index in [0.29, 0.717) is 24.0 Å². The predicted octanol–water partition coefficient (Wildman–Crippen LogP) is 0.361. The molecule has 10 heteroatoms. The molecule has 0 amide bonds. The van der Waals surface area contributed by atoms with Crippen molar-refractivity contribution in [3.8, 4) is 0 Å². The topological polar surface area (TPSA) is 129 Å². The molecular weight excluding hydrogens is 332 g/mol. The normalized spacial score (nSPS) is 17.5.